The Balaban J connectivity index is 0.000000423. The van der Waals surface area contributed by atoms with Crippen LogP contribution in [0, 0.1) is 0 Å². The van der Waals surface area contributed by atoms with Gasteiger partial charge in [0, 0.05) is 0 Å². The van der Waals surface area contributed by atoms with E-state index in [4.69, 9.17) is 14.1 Å². The topological polar surface area (TPSA) is 154 Å². The number of carbonyl (C=O) groups excluding carboxylic acids is 3. The van der Waals surface area contributed by atoms with Crippen LogP contribution in [0.25, 0.3) is 0 Å². The molecule has 84 valence electrons. The molecule has 0 aromatic rings. The monoisotopic (exact) mass is 254 g/mol. The maximum atomic E-state index is 10.7. The van der Waals surface area contributed by atoms with Crippen LogP contribution in [0.4, 0.5) is 9.59 Å². The van der Waals surface area contributed by atoms with Crippen LogP contribution in [0.15, 0.2) is 0 Å². The summed E-state index contributed by atoms with van der Waals surface area (Å²) in [6.45, 7) is 0. The molecule has 0 saturated carbocycles. The zero-order chi connectivity index (χ0) is 12.0. The first kappa shape index (κ1) is 14.0. The summed E-state index contributed by atoms with van der Waals surface area (Å²) in [6.07, 6.45) is -1.04. The minimum Gasteiger partial charge on any atom is -0.481 e. The van der Waals surface area contributed by atoms with E-state index < -0.39 is 38.0 Å². The fourth-order valence-electron chi connectivity index (χ4n) is 0.661. The van der Waals surface area contributed by atoms with E-state index in [1.165, 1.54) is 0 Å². The van der Waals surface area contributed by atoms with E-state index in [0.717, 1.165) is 0 Å². The van der Waals surface area contributed by atoms with Gasteiger partial charge in [-0.2, -0.15) is 10.0 Å². The smallest absolute Gasteiger partial charge is 0.481 e. The summed E-state index contributed by atoms with van der Waals surface area (Å²) in [6, 6.07) is -1.51. The van der Waals surface area contributed by atoms with Crippen molar-refractivity contribution in [3.8, 4) is 0 Å². The average molecular weight is 255 g/mol. The normalized spacial score (nSPS) is 18.2. The lowest BCUT2D eigenvalue weighted by atomic mass is 10.5. The number of rotatable bonds is 1. The van der Waals surface area contributed by atoms with E-state index in [2.05, 4.69) is 15.4 Å². The van der Waals surface area contributed by atoms with Gasteiger partial charge in [-0.3, -0.25) is 10.1 Å². The van der Waals surface area contributed by atoms with Gasteiger partial charge < -0.3 is 24.7 Å². The maximum absolute atomic E-state index is 10.7. The molecule has 7 N–H and O–H groups in total. The van der Waals surface area contributed by atoms with Crippen molar-refractivity contribution >= 4 is 41.9 Å². The standard InChI is InChI=1S/C4H6N4O3.Al.ClH.2H2O/c5-3(10)6-1-2(9)8-4(11)7-1;;;;/h1H,(H3,5,6,10)(H2,7,8,9,11);;1H;2*1H2/q;+3;;;/p-3. The quantitative estimate of drug-likeness (QED) is 0.218. The van der Waals surface area contributed by atoms with Crippen molar-refractivity contribution in [2.75, 3.05) is 0 Å². The van der Waals surface area contributed by atoms with Gasteiger partial charge in [0.2, 0.25) is 0 Å². The highest BCUT2D eigenvalue weighted by molar-refractivity contribution is 6.97. The van der Waals surface area contributed by atoms with Gasteiger partial charge in [-0.25, -0.2) is 9.59 Å². The minimum absolute atomic E-state index is 0.617. The lowest BCUT2D eigenvalue weighted by Crippen LogP contribution is -2.48. The predicted molar refractivity (Wildman–Crippen MR) is 49.2 cm³/mol. The van der Waals surface area contributed by atoms with Crippen LogP contribution in [0.2, 0.25) is 0 Å². The molecule has 1 aliphatic heterocycles. The number of hydrogen-bond donors (Lipinski definition) is 6. The molecule has 1 unspecified atom stereocenters. The lowest BCUT2D eigenvalue weighted by Gasteiger charge is -2.05. The van der Waals surface area contributed by atoms with Gasteiger partial charge in [-0.05, 0) is 0 Å². The first-order valence-corrected chi connectivity index (χ1v) is 6.28. The number of carbonyl (C=O) groups is 3. The Morgan fingerprint density at radius 2 is 2.00 bits per heavy atom. The third-order valence-electron chi connectivity index (χ3n) is 1.06. The van der Waals surface area contributed by atoms with Gasteiger partial charge in [-0.1, -0.05) is 0 Å². The van der Waals surface area contributed by atoms with E-state index in [1.54, 1.807) is 0 Å². The Morgan fingerprint density at radius 1 is 1.53 bits per heavy atom. The molecule has 0 radical (unpaired) electrons. The van der Waals surface area contributed by atoms with Gasteiger partial charge in [0.05, 0.1) is 0 Å². The van der Waals surface area contributed by atoms with Crippen molar-refractivity contribution in [2.45, 2.75) is 6.17 Å². The van der Waals surface area contributed by atoms with Gasteiger partial charge in [0.15, 0.2) is 6.17 Å². The second-order valence-corrected chi connectivity index (χ2v) is 4.01. The van der Waals surface area contributed by atoms with Gasteiger partial charge in [0.25, 0.3) is 5.91 Å². The van der Waals surface area contributed by atoms with Gasteiger partial charge in [-0.15, -0.1) is 0 Å². The van der Waals surface area contributed by atoms with Crippen molar-refractivity contribution in [3.05, 3.63) is 0 Å². The molecule has 1 heterocycles. The number of hydrogen-bond acceptors (Lipinski definition) is 5. The second-order valence-electron chi connectivity index (χ2n) is 2.21. The number of nitrogens with one attached hydrogen (secondary N) is 3. The van der Waals surface area contributed by atoms with Crippen LogP contribution in [0.3, 0.4) is 0 Å². The van der Waals surface area contributed by atoms with E-state index in [9.17, 15) is 14.4 Å². The van der Waals surface area contributed by atoms with Gasteiger partial charge in [0.1, 0.15) is 0 Å². The van der Waals surface area contributed by atoms with Crippen molar-refractivity contribution in [1.82, 2.24) is 16.0 Å². The molecular formula is C4H8AlClN4O5. The summed E-state index contributed by atoms with van der Waals surface area (Å²) >= 11 is -2.67. The molecule has 11 heteroatoms. The highest BCUT2D eigenvalue weighted by Crippen LogP contribution is 1.86. The zero-order valence-electron chi connectivity index (χ0n) is 7.23. The summed E-state index contributed by atoms with van der Waals surface area (Å²) < 4.78 is 15.0. The number of primary amides is 1. The highest BCUT2D eigenvalue weighted by Gasteiger charge is 2.29. The summed E-state index contributed by atoms with van der Waals surface area (Å²) in [5.41, 5.74) is 4.70. The molecule has 1 fully saturated rings. The van der Waals surface area contributed by atoms with Crippen LogP contribution >= 0.6 is 10.0 Å². The summed E-state index contributed by atoms with van der Waals surface area (Å²) in [5, 5.41) is 6.05. The summed E-state index contributed by atoms with van der Waals surface area (Å²) in [4.78, 5) is 31.3. The molecule has 0 aromatic carbocycles. The third-order valence-corrected chi connectivity index (χ3v) is 1.06. The van der Waals surface area contributed by atoms with Crippen LogP contribution < -0.4 is 21.7 Å². The summed E-state index contributed by atoms with van der Waals surface area (Å²) in [5.74, 6) is -0.617. The Kier molecular flexibility index (Phi) is 5.99. The van der Waals surface area contributed by atoms with E-state index >= 15 is 0 Å². The first-order valence-electron chi connectivity index (χ1n) is 3.50. The summed E-state index contributed by atoms with van der Waals surface area (Å²) in [7, 11) is 4.52. The molecule has 15 heavy (non-hydrogen) atoms. The highest BCUT2D eigenvalue weighted by atomic mass is 35.6. The van der Waals surface area contributed by atoms with E-state index in [-0.39, 0.29) is 0 Å². The minimum atomic E-state index is -2.67. The van der Waals surface area contributed by atoms with Crippen molar-refractivity contribution in [1.29, 1.82) is 0 Å². The van der Waals surface area contributed by atoms with Crippen LogP contribution in [-0.2, 0) is 4.79 Å². The average Bonchev–Trinajstić information content (AvgIpc) is 2.27. The molecule has 1 rings (SSSR count). The lowest BCUT2D eigenvalue weighted by molar-refractivity contribution is -0.120. The number of amides is 5. The Labute approximate surface area is 92.8 Å². The number of urea groups is 2. The number of nitrogens with two attached hydrogens (primary N) is 1. The molecule has 9 nitrogen and oxygen atoms in total. The SMILES string of the molecule is NC(=O)NC1NC(=O)NC1=O.[OH][Al]([OH])[Cl]. The van der Waals surface area contributed by atoms with Crippen molar-refractivity contribution in [2.24, 2.45) is 5.73 Å². The second kappa shape index (κ2) is 6.44. The molecule has 0 aromatic heterocycles. The molecule has 1 aliphatic rings. The Morgan fingerprint density at radius 3 is 2.27 bits per heavy atom. The fourth-order valence-corrected chi connectivity index (χ4v) is 0.661. The first-order chi connectivity index (χ1) is 6.82. The molecule has 0 bridgehead atoms. The molecule has 5 amide bonds. The third kappa shape index (κ3) is 6.95. The molecule has 1 atom stereocenters. The van der Waals surface area contributed by atoms with Gasteiger partial charge >= 0.3 is 26.0 Å². The number of halogens is 1. The maximum Gasteiger partial charge on any atom is 0.807 e. The van der Waals surface area contributed by atoms with E-state index in [0.29, 0.717) is 0 Å². The van der Waals surface area contributed by atoms with Crippen molar-refractivity contribution < 1.29 is 22.7 Å². The van der Waals surface area contributed by atoms with E-state index in [1.807, 2.05) is 10.6 Å². The zero-order valence-corrected chi connectivity index (χ0v) is 9.14. The Bertz CT molecular complexity index is 271. The van der Waals surface area contributed by atoms with Crippen LogP contribution in [-0.4, -0.2) is 46.3 Å². The predicted octanol–water partition coefficient (Wildman–Crippen LogP) is -2.99. The molecule has 0 spiro atoms. The molecule has 1 saturated heterocycles. The molecule has 0 aliphatic carbocycles. The van der Waals surface area contributed by atoms with Crippen molar-refractivity contribution in [3.63, 3.8) is 0 Å². The largest absolute Gasteiger partial charge is 0.807 e. The molecular weight excluding hydrogens is 247 g/mol. The fraction of sp³-hybridized carbons (Fsp3) is 0.250. The van der Waals surface area contributed by atoms with Crippen LogP contribution in [0.1, 0.15) is 0 Å². The number of imide groups is 1. The Hall–Kier alpha value is -1.05. The van der Waals surface area contributed by atoms with Crippen LogP contribution in [0.5, 0.6) is 0 Å².